The van der Waals surface area contributed by atoms with Crippen LogP contribution in [0, 0.1) is 0 Å². The van der Waals surface area contributed by atoms with Crippen LogP contribution in [0.3, 0.4) is 0 Å². The van der Waals surface area contributed by atoms with E-state index in [0.29, 0.717) is 16.9 Å². The lowest BCUT2D eigenvalue weighted by atomic mass is 10.1. The predicted molar refractivity (Wildman–Crippen MR) is 75.1 cm³/mol. The maximum absolute atomic E-state index is 11.7. The molecule has 0 saturated carbocycles. The zero-order chi connectivity index (χ0) is 14.7. The van der Waals surface area contributed by atoms with Crippen LogP contribution in [0.25, 0.3) is 10.9 Å². The number of nitrogen functional groups attached to an aromatic ring is 1. The summed E-state index contributed by atoms with van der Waals surface area (Å²) in [5.74, 6) is -1.46. The molecule has 0 spiro atoms. The Kier molecular flexibility index (Phi) is 3.84. The average Bonchev–Trinajstić information content (AvgIpc) is 2.39. The highest BCUT2D eigenvalue weighted by molar-refractivity contribution is 5.90. The number of benzene rings is 1. The summed E-state index contributed by atoms with van der Waals surface area (Å²) in [7, 11) is 0. The number of pyridine rings is 1. The van der Waals surface area contributed by atoms with Crippen molar-refractivity contribution in [3.8, 4) is 0 Å². The number of carbonyl (C=O) groups is 2. The molecule has 1 aromatic carbocycles. The van der Waals surface area contributed by atoms with Crippen LogP contribution in [-0.2, 0) is 16.0 Å². The van der Waals surface area contributed by atoms with Crippen LogP contribution in [0.4, 0.5) is 5.69 Å². The van der Waals surface area contributed by atoms with E-state index in [0.717, 1.165) is 5.39 Å². The number of aromatic nitrogens is 1. The molecular formula is C14H15N3O3. The molecule has 20 heavy (non-hydrogen) atoms. The Hall–Kier alpha value is -2.63. The SMILES string of the molecule is CC(NC(=O)Cc1ccc2cccc(N)c2n1)C(=O)O. The quantitative estimate of drug-likeness (QED) is 0.719. The molecular weight excluding hydrogens is 258 g/mol. The number of anilines is 1. The van der Waals surface area contributed by atoms with Crippen LogP contribution in [0.5, 0.6) is 0 Å². The predicted octanol–water partition coefficient (Wildman–Crippen LogP) is 0.949. The maximum atomic E-state index is 11.7. The molecule has 1 aromatic heterocycles. The van der Waals surface area contributed by atoms with Gasteiger partial charge in [-0.05, 0) is 19.1 Å². The minimum atomic E-state index is -1.07. The molecule has 0 aliphatic carbocycles. The molecule has 0 radical (unpaired) electrons. The number of carboxylic acids is 1. The van der Waals surface area contributed by atoms with Crippen LogP contribution in [0.15, 0.2) is 30.3 Å². The molecule has 1 unspecified atom stereocenters. The van der Waals surface area contributed by atoms with Crippen LogP contribution in [0.2, 0.25) is 0 Å². The summed E-state index contributed by atoms with van der Waals surface area (Å²) in [6.07, 6.45) is 0.0158. The van der Waals surface area contributed by atoms with E-state index in [9.17, 15) is 9.59 Å². The molecule has 0 fully saturated rings. The van der Waals surface area contributed by atoms with Crippen molar-refractivity contribution in [1.82, 2.24) is 10.3 Å². The highest BCUT2D eigenvalue weighted by Crippen LogP contribution is 2.18. The highest BCUT2D eigenvalue weighted by atomic mass is 16.4. The number of carboxylic acid groups (broad SMARTS) is 1. The Morgan fingerprint density at radius 3 is 2.80 bits per heavy atom. The van der Waals surface area contributed by atoms with Crippen LogP contribution >= 0.6 is 0 Å². The number of aliphatic carboxylic acids is 1. The summed E-state index contributed by atoms with van der Waals surface area (Å²) in [5, 5.41) is 12.0. The Bertz CT molecular complexity index is 670. The fourth-order valence-corrected chi connectivity index (χ4v) is 1.83. The second-order valence-electron chi connectivity index (χ2n) is 4.53. The summed E-state index contributed by atoms with van der Waals surface area (Å²) in [5.41, 5.74) is 7.57. The molecule has 4 N–H and O–H groups in total. The Labute approximate surface area is 115 Å². The van der Waals surface area contributed by atoms with Crippen molar-refractivity contribution in [3.05, 3.63) is 36.0 Å². The van der Waals surface area contributed by atoms with Crippen molar-refractivity contribution in [1.29, 1.82) is 0 Å². The first-order valence-electron chi connectivity index (χ1n) is 6.13. The van der Waals surface area contributed by atoms with Gasteiger partial charge in [0.2, 0.25) is 5.91 Å². The maximum Gasteiger partial charge on any atom is 0.325 e. The van der Waals surface area contributed by atoms with Gasteiger partial charge in [0.1, 0.15) is 6.04 Å². The van der Waals surface area contributed by atoms with Gasteiger partial charge in [0, 0.05) is 5.39 Å². The number of fused-ring (bicyclic) bond motifs is 1. The van der Waals surface area contributed by atoms with Gasteiger partial charge in [0.25, 0.3) is 0 Å². The van der Waals surface area contributed by atoms with Gasteiger partial charge in [-0.1, -0.05) is 18.2 Å². The highest BCUT2D eigenvalue weighted by Gasteiger charge is 2.14. The summed E-state index contributed by atoms with van der Waals surface area (Å²) in [6.45, 7) is 1.41. The largest absolute Gasteiger partial charge is 0.480 e. The number of para-hydroxylation sites is 1. The molecule has 2 aromatic rings. The van der Waals surface area contributed by atoms with Crippen molar-refractivity contribution >= 4 is 28.5 Å². The first kappa shape index (κ1) is 13.8. The van der Waals surface area contributed by atoms with E-state index in [4.69, 9.17) is 10.8 Å². The van der Waals surface area contributed by atoms with E-state index in [2.05, 4.69) is 10.3 Å². The summed E-state index contributed by atoms with van der Waals surface area (Å²) < 4.78 is 0. The molecule has 104 valence electrons. The monoisotopic (exact) mass is 273 g/mol. The van der Waals surface area contributed by atoms with Gasteiger partial charge in [-0.25, -0.2) is 0 Å². The lowest BCUT2D eigenvalue weighted by Gasteiger charge is -2.09. The molecule has 2 rings (SSSR count). The van der Waals surface area contributed by atoms with Crippen molar-refractivity contribution < 1.29 is 14.7 Å². The van der Waals surface area contributed by atoms with E-state index < -0.39 is 12.0 Å². The minimum absolute atomic E-state index is 0.0158. The Morgan fingerprint density at radius 2 is 2.10 bits per heavy atom. The number of carbonyl (C=O) groups excluding carboxylic acids is 1. The summed E-state index contributed by atoms with van der Waals surface area (Å²) in [4.78, 5) is 26.7. The van der Waals surface area contributed by atoms with Crippen molar-refractivity contribution in [2.45, 2.75) is 19.4 Å². The van der Waals surface area contributed by atoms with Gasteiger partial charge in [-0.3, -0.25) is 14.6 Å². The number of nitrogens with one attached hydrogen (secondary N) is 1. The molecule has 0 aliphatic heterocycles. The Balaban J connectivity index is 2.16. The number of nitrogens with two attached hydrogens (primary N) is 1. The zero-order valence-electron chi connectivity index (χ0n) is 11.0. The molecule has 1 atom stereocenters. The second kappa shape index (κ2) is 5.56. The van der Waals surface area contributed by atoms with Crippen molar-refractivity contribution in [2.75, 3.05) is 5.73 Å². The van der Waals surface area contributed by atoms with Gasteiger partial charge in [-0.15, -0.1) is 0 Å². The first-order chi connectivity index (χ1) is 9.47. The van der Waals surface area contributed by atoms with Gasteiger partial charge >= 0.3 is 5.97 Å². The Morgan fingerprint density at radius 1 is 1.35 bits per heavy atom. The molecule has 6 nitrogen and oxygen atoms in total. The summed E-state index contributed by atoms with van der Waals surface area (Å²) >= 11 is 0. The minimum Gasteiger partial charge on any atom is -0.480 e. The molecule has 1 amide bonds. The second-order valence-corrected chi connectivity index (χ2v) is 4.53. The zero-order valence-corrected chi connectivity index (χ0v) is 11.0. The fraction of sp³-hybridized carbons (Fsp3) is 0.214. The van der Waals surface area contributed by atoms with Gasteiger partial charge < -0.3 is 16.2 Å². The number of amides is 1. The smallest absolute Gasteiger partial charge is 0.325 e. The number of nitrogens with zero attached hydrogens (tertiary/aromatic N) is 1. The van der Waals surface area contributed by atoms with Gasteiger partial charge in [0.15, 0.2) is 0 Å². The van der Waals surface area contributed by atoms with E-state index in [1.54, 1.807) is 12.1 Å². The molecule has 6 heteroatoms. The third kappa shape index (κ3) is 3.03. The van der Waals surface area contributed by atoms with E-state index in [-0.39, 0.29) is 12.3 Å². The van der Waals surface area contributed by atoms with Gasteiger partial charge in [0.05, 0.1) is 23.3 Å². The van der Waals surface area contributed by atoms with E-state index >= 15 is 0 Å². The summed E-state index contributed by atoms with van der Waals surface area (Å²) in [6, 6.07) is 8.10. The molecule has 0 aliphatic rings. The fourth-order valence-electron chi connectivity index (χ4n) is 1.83. The third-order valence-corrected chi connectivity index (χ3v) is 2.90. The van der Waals surface area contributed by atoms with E-state index in [1.807, 2.05) is 18.2 Å². The van der Waals surface area contributed by atoms with Crippen molar-refractivity contribution in [3.63, 3.8) is 0 Å². The number of hydrogen-bond acceptors (Lipinski definition) is 4. The third-order valence-electron chi connectivity index (χ3n) is 2.90. The average molecular weight is 273 g/mol. The van der Waals surface area contributed by atoms with Gasteiger partial charge in [-0.2, -0.15) is 0 Å². The van der Waals surface area contributed by atoms with Crippen LogP contribution < -0.4 is 11.1 Å². The normalized spacial score (nSPS) is 12.1. The van der Waals surface area contributed by atoms with Crippen molar-refractivity contribution in [2.24, 2.45) is 0 Å². The molecule has 0 bridgehead atoms. The van der Waals surface area contributed by atoms with Crippen LogP contribution in [0.1, 0.15) is 12.6 Å². The first-order valence-corrected chi connectivity index (χ1v) is 6.13. The number of rotatable bonds is 4. The topological polar surface area (TPSA) is 105 Å². The molecule has 1 heterocycles. The van der Waals surface area contributed by atoms with E-state index in [1.165, 1.54) is 6.92 Å². The lowest BCUT2D eigenvalue weighted by Crippen LogP contribution is -2.39. The van der Waals surface area contributed by atoms with Crippen LogP contribution in [-0.4, -0.2) is 28.0 Å². The lowest BCUT2D eigenvalue weighted by molar-refractivity contribution is -0.141. The molecule has 0 saturated heterocycles. The standard InChI is InChI=1S/C14H15N3O3/c1-8(14(19)20)16-12(18)7-10-6-5-9-3-2-4-11(15)13(9)17-10/h2-6,8H,7,15H2,1H3,(H,16,18)(H,19,20). The number of hydrogen-bond donors (Lipinski definition) is 3.